The van der Waals surface area contributed by atoms with Crippen LogP contribution in [0.25, 0.3) is 0 Å². The molecule has 0 amide bonds. The molecular weight excluding hydrogens is 267 g/mol. The molecule has 0 aliphatic carbocycles. The Hall–Kier alpha value is 0.803. The number of hydrogen-bond donors (Lipinski definition) is 2. The molecule has 0 saturated carbocycles. The maximum atomic E-state index is 7.00. The van der Waals surface area contributed by atoms with E-state index in [1.54, 1.807) is 0 Å². The third kappa shape index (κ3) is 39.9. The van der Waals surface area contributed by atoms with Crippen molar-refractivity contribution in [1.82, 2.24) is 0 Å². The van der Waals surface area contributed by atoms with Crippen molar-refractivity contribution in [2.24, 2.45) is 0 Å². The third-order valence-electron chi connectivity index (χ3n) is 1.85. The molecule has 94 valence electrons. The Morgan fingerprint density at radius 2 is 1.07 bits per heavy atom. The first-order chi connectivity index (χ1) is 6.91. The number of rotatable bonds is 7. The first-order valence-corrected chi connectivity index (χ1v) is 5.60. The molecule has 0 bridgehead atoms. The Morgan fingerprint density at radius 3 is 1.40 bits per heavy atom. The average Bonchev–Trinajstić information content (AvgIpc) is 2.29. The minimum atomic E-state index is 0. The summed E-state index contributed by atoms with van der Waals surface area (Å²) in [6.07, 6.45) is 10.9. The van der Waals surface area contributed by atoms with Crippen LogP contribution in [0.3, 0.4) is 0 Å². The second kappa shape index (κ2) is 36.4. The largest absolute Gasteiger partial charge is 0.400 e. The maximum absolute atomic E-state index is 7.00. The van der Waals surface area contributed by atoms with E-state index in [2.05, 4.69) is 13.8 Å². The van der Waals surface area contributed by atoms with Crippen molar-refractivity contribution in [3.8, 4) is 0 Å². The summed E-state index contributed by atoms with van der Waals surface area (Å²) in [7, 11) is 2.00. The Bertz CT molecular complexity index is 53.6. The molecule has 0 spiro atoms. The molecule has 0 unspecified atom stereocenters. The predicted octanol–water partition coefficient (Wildman–Crippen LogP) is 3.18. The Labute approximate surface area is 116 Å². The van der Waals surface area contributed by atoms with Crippen molar-refractivity contribution in [2.75, 3.05) is 14.2 Å². The number of hydrogen-bond acceptors (Lipinski definition) is 2. The fourth-order valence-electron chi connectivity index (χ4n) is 1.13. The molecule has 2 nitrogen and oxygen atoms in total. The van der Waals surface area contributed by atoms with Crippen LogP contribution in [0.2, 0.25) is 0 Å². The van der Waals surface area contributed by atoms with Crippen molar-refractivity contribution in [3.63, 3.8) is 0 Å². The third-order valence-corrected chi connectivity index (χ3v) is 1.85. The van der Waals surface area contributed by atoms with Gasteiger partial charge in [0.05, 0.1) is 0 Å². The zero-order valence-corrected chi connectivity index (χ0v) is 13.2. The Kier molecular flexibility index (Phi) is 60.3. The van der Waals surface area contributed by atoms with Gasteiger partial charge in [-0.3, -0.25) is 0 Å². The van der Waals surface area contributed by atoms with E-state index in [4.69, 9.17) is 10.2 Å². The van der Waals surface area contributed by atoms with Crippen LogP contribution in [0.4, 0.5) is 0 Å². The summed E-state index contributed by atoms with van der Waals surface area (Å²) >= 11 is 0. The van der Waals surface area contributed by atoms with Crippen LogP contribution in [-0.2, 0) is 26.2 Å². The summed E-state index contributed by atoms with van der Waals surface area (Å²) in [5.74, 6) is 0. The van der Waals surface area contributed by atoms with Gasteiger partial charge in [-0.15, -0.1) is 0 Å². The van der Waals surface area contributed by atoms with Gasteiger partial charge in [0.1, 0.15) is 0 Å². The molecule has 0 aliphatic rings. The van der Waals surface area contributed by atoms with Gasteiger partial charge in [-0.1, -0.05) is 51.9 Å². The fraction of sp³-hybridized carbons (Fsp3) is 0.917. The van der Waals surface area contributed by atoms with Crippen LogP contribution < -0.4 is 0 Å². The maximum Gasteiger partial charge on any atom is 0.0319 e. The molecule has 15 heavy (non-hydrogen) atoms. The number of aliphatic hydroxyl groups excluding tert-OH is 2. The molecule has 0 atom stereocenters. The van der Waals surface area contributed by atoms with E-state index in [1.807, 2.05) is 0 Å². The predicted molar refractivity (Wildman–Crippen MR) is 64.3 cm³/mol. The zero-order chi connectivity index (χ0) is 11.7. The van der Waals surface area contributed by atoms with Gasteiger partial charge in [0, 0.05) is 40.4 Å². The topological polar surface area (TPSA) is 40.5 Å². The van der Waals surface area contributed by atoms with Crippen molar-refractivity contribution < 1.29 is 36.4 Å². The second-order valence-corrected chi connectivity index (χ2v) is 2.97. The van der Waals surface area contributed by atoms with Gasteiger partial charge in [0.15, 0.2) is 0 Å². The van der Waals surface area contributed by atoms with E-state index < -0.39 is 0 Å². The zero-order valence-electron chi connectivity index (χ0n) is 10.8. The van der Waals surface area contributed by atoms with Crippen molar-refractivity contribution >= 4 is 0 Å². The van der Waals surface area contributed by atoms with E-state index in [-0.39, 0.29) is 26.2 Å². The summed E-state index contributed by atoms with van der Waals surface area (Å²) < 4.78 is 0. The molecular formula is C12H29O2Zr-. The van der Waals surface area contributed by atoms with Gasteiger partial charge in [-0.25, -0.2) is 0 Å². The summed E-state index contributed by atoms with van der Waals surface area (Å²) in [4.78, 5) is 0. The molecule has 3 heteroatoms. The van der Waals surface area contributed by atoms with Crippen LogP contribution in [-0.4, -0.2) is 24.4 Å². The average molecular weight is 297 g/mol. The monoisotopic (exact) mass is 295 g/mol. The Morgan fingerprint density at radius 1 is 0.733 bits per heavy atom. The van der Waals surface area contributed by atoms with Gasteiger partial charge < -0.3 is 17.1 Å². The molecule has 0 aromatic heterocycles. The van der Waals surface area contributed by atoms with E-state index in [0.717, 1.165) is 20.6 Å². The first-order valence-electron chi connectivity index (χ1n) is 5.60. The van der Waals surface area contributed by atoms with Crippen LogP contribution in [0, 0.1) is 6.92 Å². The van der Waals surface area contributed by atoms with E-state index >= 15 is 0 Å². The normalized spacial score (nSPS) is 7.60. The first kappa shape index (κ1) is 24.9. The summed E-state index contributed by atoms with van der Waals surface area (Å²) in [6.45, 7) is 6.08. The molecule has 0 aromatic rings. The van der Waals surface area contributed by atoms with E-state index in [0.29, 0.717) is 0 Å². The quantitative estimate of drug-likeness (QED) is 0.559. The van der Waals surface area contributed by atoms with Gasteiger partial charge in [0.25, 0.3) is 0 Å². The van der Waals surface area contributed by atoms with Crippen molar-refractivity contribution in [2.45, 2.75) is 58.3 Å². The Balaban J connectivity index is -0.000000107. The van der Waals surface area contributed by atoms with E-state index in [1.165, 1.54) is 44.9 Å². The molecule has 0 radical (unpaired) electrons. The second-order valence-electron chi connectivity index (χ2n) is 2.97. The minimum Gasteiger partial charge on any atom is -0.400 e. The van der Waals surface area contributed by atoms with Crippen molar-refractivity contribution in [3.05, 3.63) is 6.92 Å². The van der Waals surface area contributed by atoms with Crippen LogP contribution in [0.5, 0.6) is 0 Å². The van der Waals surface area contributed by atoms with Crippen molar-refractivity contribution in [1.29, 1.82) is 0 Å². The fourth-order valence-corrected chi connectivity index (χ4v) is 1.13. The molecule has 0 heterocycles. The minimum absolute atomic E-state index is 0. The molecule has 0 aliphatic heterocycles. The molecule has 0 rings (SSSR count). The number of aliphatic hydroxyl groups is 2. The smallest absolute Gasteiger partial charge is 0.0319 e. The van der Waals surface area contributed by atoms with Crippen LogP contribution >= 0.6 is 0 Å². The standard InChI is InChI=1S/C10H21.2CH4O.Zr/c1-3-5-7-9-10-8-6-4-2;2*1-2;/h1,3-10H2,2H3;2*2H,1H3;/q-1;;;. The molecule has 0 aromatic carbocycles. The molecule has 2 N–H and O–H groups in total. The SMILES string of the molecule is CO.CO.[CH2-]CCCCCCCCC.[Zr]. The van der Waals surface area contributed by atoms with E-state index in [9.17, 15) is 0 Å². The summed E-state index contributed by atoms with van der Waals surface area (Å²) in [5.41, 5.74) is 0. The van der Waals surface area contributed by atoms with Gasteiger partial charge in [-0.2, -0.15) is 6.42 Å². The summed E-state index contributed by atoms with van der Waals surface area (Å²) in [5, 5.41) is 14.0. The molecule has 0 saturated heterocycles. The van der Waals surface area contributed by atoms with Gasteiger partial charge in [-0.05, 0) is 0 Å². The summed E-state index contributed by atoms with van der Waals surface area (Å²) in [6, 6.07) is 0. The van der Waals surface area contributed by atoms with Crippen LogP contribution in [0.15, 0.2) is 0 Å². The molecule has 0 fully saturated rings. The van der Waals surface area contributed by atoms with Gasteiger partial charge in [0.2, 0.25) is 0 Å². The van der Waals surface area contributed by atoms with Gasteiger partial charge >= 0.3 is 0 Å². The van der Waals surface area contributed by atoms with Crippen LogP contribution in [0.1, 0.15) is 58.3 Å². The number of unbranched alkanes of at least 4 members (excludes halogenated alkanes) is 7.